The molecule has 0 unspecified atom stereocenters. The highest BCUT2D eigenvalue weighted by molar-refractivity contribution is 6.01. The van der Waals surface area contributed by atoms with Gasteiger partial charge in [0.05, 0.1) is 23.6 Å². The van der Waals surface area contributed by atoms with Crippen LogP contribution in [0.5, 0.6) is 5.75 Å². The average molecular weight is 288 g/mol. The van der Waals surface area contributed by atoms with E-state index in [2.05, 4.69) is 47.2 Å². The second-order valence-corrected chi connectivity index (χ2v) is 5.26. The predicted octanol–water partition coefficient (Wildman–Crippen LogP) is 3.86. The van der Waals surface area contributed by atoms with Crippen molar-refractivity contribution in [1.29, 1.82) is 0 Å². The minimum atomic E-state index is 0.474. The molecule has 0 amide bonds. The largest absolute Gasteiger partial charge is 0.487 e. The molecule has 0 radical (unpaired) electrons. The first kappa shape index (κ1) is 12.9. The van der Waals surface area contributed by atoms with Gasteiger partial charge < -0.3 is 9.30 Å². The number of ether oxygens (including phenoxy) is 1. The summed E-state index contributed by atoms with van der Waals surface area (Å²) in [7, 11) is 0. The van der Waals surface area contributed by atoms with Crippen molar-refractivity contribution in [3.8, 4) is 11.4 Å². The number of aliphatic imine (C=N–C) groups is 1. The molecule has 0 fully saturated rings. The van der Waals surface area contributed by atoms with Gasteiger partial charge in [0.2, 0.25) is 0 Å². The summed E-state index contributed by atoms with van der Waals surface area (Å²) in [5.74, 6) is 0.866. The van der Waals surface area contributed by atoms with Gasteiger partial charge in [-0.1, -0.05) is 36.4 Å². The molecule has 0 N–H and O–H groups in total. The van der Waals surface area contributed by atoms with Crippen LogP contribution >= 0.6 is 0 Å². The standard InChI is InChI=1S/C19H16N2O/c1-2-8-16(9-3-1)22-14-17-19-11-6-12-21(19)18-10-5-4-7-15(18)13-20-17/h1-12H,13-14H2. The Kier molecular flexibility index (Phi) is 3.24. The molecule has 1 aliphatic heterocycles. The number of nitrogens with zero attached hydrogens (tertiary/aromatic N) is 2. The van der Waals surface area contributed by atoms with Gasteiger partial charge in [0.25, 0.3) is 0 Å². The highest BCUT2D eigenvalue weighted by Gasteiger charge is 2.16. The first-order chi connectivity index (χ1) is 10.9. The molecule has 0 saturated heterocycles. The topological polar surface area (TPSA) is 26.5 Å². The number of hydrogen-bond acceptors (Lipinski definition) is 2. The fraction of sp³-hybridized carbons (Fsp3) is 0.105. The normalized spacial score (nSPS) is 12.8. The molecule has 0 saturated carbocycles. The Labute approximate surface area is 129 Å². The molecular formula is C19H16N2O. The molecule has 4 rings (SSSR count). The third-order valence-electron chi connectivity index (χ3n) is 3.85. The van der Waals surface area contributed by atoms with E-state index in [-0.39, 0.29) is 0 Å². The average Bonchev–Trinajstić information content (AvgIpc) is 3.00. The lowest BCUT2D eigenvalue weighted by Crippen LogP contribution is -2.15. The van der Waals surface area contributed by atoms with Gasteiger partial charge in [-0.15, -0.1) is 0 Å². The number of rotatable bonds is 3. The molecule has 3 nitrogen and oxygen atoms in total. The van der Waals surface area contributed by atoms with Gasteiger partial charge in [0.1, 0.15) is 12.4 Å². The van der Waals surface area contributed by atoms with E-state index in [1.54, 1.807) is 0 Å². The second-order valence-electron chi connectivity index (χ2n) is 5.26. The Balaban J connectivity index is 1.66. The van der Waals surface area contributed by atoms with Crippen molar-refractivity contribution in [3.63, 3.8) is 0 Å². The van der Waals surface area contributed by atoms with Crippen LogP contribution in [-0.2, 0) is 6.54 Å². The molecule has 3 heteroatoms. The highest BCUT2D eigenvalue weighted by atomic mass is 16.5. The molecule has 0 bridgehead atoms. The van der Waals surface area contributed by atoms with Crippen LogP contribution in [0, 0.1) is 0 Å². The third-order valence-corrected chi connectivity index (χ3v) is 3.85. The van der Waals surface area contributed by atoms with Gasteiger partial charge in [0, 0.05) is 6.20 Å². The molecule has 22 heavy (non-hydrogen) atoms. The summed E-state index contributed by atoms with van der Waals surface area (Å²) in [4.78, 5) is 4.76. The number of benzene rings is 2. The lowest BCUT2D eigenvalue weighted by Gasteiger charge is -2.11. The highest BCUT2D eigenvalue weighted by Crippen LogP contribution is 2.23. The zero-order valence-electron chi connectivity index (χ0n) is 12.1. The summed E-state index contributed by atoms with van der Waals surface area (Å²) >= 11 is 0. The number of para-hydroxylation sites is 2. The van der Waals surface area contributed by atoms with Crippen molar-refractivity contribution >= 4 is 5.71 Å². The van der Waals surface area contributed by atoms with Crippen LogP contribution in [0.25, 0.3) is 5.69 Å². The summed E-state index contributed by atoms with van der Waals surface area (Å²) in [5, 5.41) is 0. The van der Waals surface area contributed by atoms with Crippen molar-refractivity contribution in [2.75, 3.05) is 6.61 Å². The summed E-state index contributed by atoms with van der Waals surface area (Å²) in [6.45, 7) is 1.16. The van der Waals surface area contributed by atoms with Gasteiger partial charge in [0.15, 0.2) is 0 Å². The molecule has 0 atom stereocenters. The Hall–Kier alpha value is -2.81. The van der Waals surface area contributed by atoms with E-state index in [4.69, 9.17) is 9.73 Å². The van der Waals surface area contributed by atoms with Crippen LogP contribution in [0.4, 0.5) is 0 Å². The third kappa shape index (κ3) is 2.31. The molecule has 1 aliphatic rings. The second kappa shape index (κ2) is 5.53. The molecule has 2 aromatic carbocycles. The van der Waals surface area contributed by atoms with Crippen LogP contribution in [0.2, 0.25) is 0 Å². The Bertz CT molecular complexity index is 818. The fourth-order valence-corrected chi connectivity index (χ4v) is 2.76. The maximum Gasteiger partial charge on any atom is 0.132 e. The van der Waals surface area contributed by atoms with Gasteiger partial charge >= 0.3 is 0 Å². The van der Waals surface area contributed by atoms with Crippen molar-refractivity contribution in [1.82, 2.24) is 4.57 Å². The molecule has 0 spiro atoms. The van der Waals surface area contributed by atoms with E-state index in [1.807, 2.05) is 30.3 Å². The van der Waals surface area contributed by atoms with Crippen LogP contribution < -0.4 is 4.74 Å². The minimum Gasteiger partial charge on any atom is -0.487 e. The Morgan fingerprint density at radius 3 is 2.64 bits per heavy atom. The fourth-order valence-electron chi connectivity index (χ4n) is 2.76. The quantitative estimate of drug-likeness (QED) is 0.719. The van der Waals surface area contributed by atoms with Crippen LogP contribution in [0.15, 0.2) is 77.9 Å². The van der Waals surface area contributed by atoms with E-state index < -0.39 is 0 Å². The lowest BCUT2D eigenvalue weighted by molar-refractivity contribution is 0.376. The molecule has 3 aromatic rings. The minimum absolute atomic E-state index is 0.474. The van der Waals surface area contributed by atoms with Crippen LogP contribution in [0.1, 0.15) is 11.3 Å². The van der Waals surface area contributed by atoms with E-state index in [0.29, 0.717) is 13.2 Å². The molecular weight excluding hydrogens is 272 g/mol. The Morgan fingerprint density at radius 1 is 0.909 bits per heavy atom. The molecule has 2 heterocycles. The van der Waals surface area contributed by atoms with E-state index >= 15 is 0 Å². The van der Waals surface area contributed by atoms with Gasteiger partial charge in [-0.05, 0) is 35.9 Å². The van der Waals surface area contributed by atoms with Gasteiger partial charge in [-0.2, -0.15) is 0 Å². The molecule has 1 aromatic heterocycles. The summed E-state index contributed by atoms with van der Waals surface area (Å²) < 4.78 is 8.07. The summed E-state index contributed by atoms with van der Waals surface area (Å²) in [5.41, 5.74) is 4.50. The summed E-state index contributed by atoms with van der Waals surface area (Å²) in [6.07, 6.45) is 2.08. The predicted molar refractivity (Wildman–Crippen MR) is 87.9 cm³/mol. The van der Waals surface area contributed by atoms with Crippen molar-refractivity contribution in [3.05, 3.63) is 84.2 Å². The zero-order valence-corrected chi connectivity index (χ0v) is 12.1. The lowest BCUT2D eigenvalue weighted by atomic mass is 10.2. The first-order valence-electron chi connectivity index (χ1n) is 7.39. The van der Waals surface area contributed by atoms with Gasteiger partial charge in [-0.3, -0.25) is 4.99 Å². The zero-order chi connectivity index (χ0) is 14.8. The van der Waals surface area contributed by atoms with E-state index in [9.17, 15) is 0 Å². The SMILES string of the molecule is c1ccc(OCC2=NCc3ccccc3-n3cccc32)cc1. The maximum atomic E-state index is 5.88. The first-order valence-corrected chi connectivity index (χ1v) is 7.39. The number of aromatic nitrogens is 1. The molecule has 0 aliphatic carbocycles. The Morgan fingerprint density at radius 2 is 1.73 bits per heavy atom. The monoisotopic (exact) mass is 288 g/mol. The van der Waals surface area contributed by atoms with Crippen molar-refractivity contribution in [2.45, 2.75) is 6.54 Å². The molecule has 108 valence electrons. The van der Waals surface area contributed by atoms with Crippen molar-refractivity contribution in [2.24, 2.45) is 4.99 Å². The summed E-state index contributed by atoms with van der Waals surface area (Å²) in [6, 6.07) is 22.4. The van der Waals surface area contributed by atoms with Crippen molar-refractivity contribution < 1.29 is 4.74 Å². The number of fused-ring (bicyclic) bond motifs is 3. The van der Waals surface area contributed by atoms with E-state index in [1.165, 1.54) is 11.3 Å². The van der Waals surface area contributed by atoms with Crippen LogP contribution in [-0.4, -0.2) is 16.9 Å². The van der Waals surface area contributed by atoms with Crippen LogP contribution in [0.3, 0.4) is 0 Å². The van der Waals surface area contributed by atoms with E-state index in [0.717, 1.165) is 17.2 Å². The number of hydrogen-bond donors (Lipinski definition) is 0. The van der Waals surface area contributed by atoms with Gasteiger partial charge in [-0.25, -0.2) is 0 Å². The maximum absolute atomic E-state index is 5.88. The smallest absolute Gasteiger partial charge is 0.132 e.